The standard InChI is InChI=1S/C13H18N2O3.ClH/c1-9(14)13(16)15-5-4-10-2-3-11-12(8-10)18-7-6-17-11;/h2-3,8-9H,4-7,14H2,1H3,(H,15,16);1H/t9-;/m0./s1. The number of hydrogen-bond donors (Lipinski definition) is 2. The molecule has 5 nitrogen and oxygen atoms in total. The first-order valence-electron chi connectivity index (χ1n) is 6.08. The highest BCUT2D eigenvalue weighted by molar-refractivity contribution is 5.85. The van der Waals surface area contributed by atoms with Crippen LogP contribution in [0.2, 0.25) is 0 Å². The number of benzene rings is 1. The van der Waals surface area contributed by atoms with Crippen LogP contribution in [0, 0.1) is 0 Å². The minimum atomic E-state index is -0.467. The van der Waals surface area contributed by atoms with Gasteiger partial charge in [0.2, 0.25) is 5.91 Å². The SMILES string of the molecule is C[C@H](N)C(=O)NCCc1ccc2c(c1)OCCO2.Cl. The summed E-state index contributed by atoms with van der Waals surface area (Å²) in [6.07, 6.45) is 0.745. The maximum atomic E-state index is 11.3. The fourth-order valence-corrected chi connectivity index (χ4v) is 1.73. The van der Waals surface area contributed by atoms with Gasteiger partial charge < -0.3 is 20.5 Å². The molecule has 0 fully saturated rings. The van der Waals surface area contributed by atoms with Crippen LogP contribution in [0.1, 0.15) is 12.5 Å². The molecule has 0 bridgehead atoms. The average Bonchev–Trinajstić information content (AvgIpc) is 2.38. The predicted molar refractivity (Wildman–Crippen MR) is 75.0 cm³/mol. The smallest absolute Gasteiger partial charge is 0.236 e. The molecular weight excluding hydrogens is 268 g/mol. The third-order valence-corrected chi connectivity index (χ3v) is 2.73. The van der Waals surface area contributed by atoms with E-state index in [-0.39, 0.29) is 18.3 Å². The van der Waals surface area contributed by atoms with Crippen LogP contribution in [0.5, 0.6) is 11.5 Å². The molecule has 1 aromatic rings. The van der Waals surface area contributed by atoms with Crippen LogP contribution in [-0.2, 0) is 11.2 Å². The Balaban J connectivity index is 0.00000180. The number of nitrogens with two attached hydrogens (primary N) is 1. The number of rotatable bonds is 4. The van der Waals surface area contributed by atoms with Gasteiger partial charge in [-0.1, -0.05) is 6.07 Å². The summed E-state index contributed by atoms with van der Waals surface area (Å²) in [5.74, 6) is 1.43. The summed E-state index contributed by atoms with van der Waals surface area (Å²) >= 11 is 0. The number of ether oxygens (including phenoxy) is 2. The molecule has 106 valence electrons. The number of fused-ring (bicyclic) bond motifs is 1. The zero-order chi connectivity index (χ0) is 13.0. The number of carbonyl (C=O) groups is 1. The van der Waals surface area contributed by atoms with Gasteiger partial charge in [0, 0.05) is 6.54 Å². The van der Waals surface area contributed by atoms with Crippen LogP contribution >= 0.6 is 12.4 Å². The summed E-state index contributed by atoms with van der Waals surface area (Å²) in [5, 5.41) is 2.77. The van der Waals surface area contributed by atoms with Crippen LogP contribution in [0.25, 0.3) is 0 Å². The lowest BCUT2D eigenvalue weighted by Crippen LogP contribution is -2.39. The second-order valence-corrected chi connectivity index (χ2v) is 4.31. The molecule has 1 amide bonds. The van der Waals surface area contributed by atoms with Crippen molar-refractivity contribution >= 4 is 18.3 Å². The van der Waals surface area contributed by atoms with E-state index in [4.69, 9.17) is 15.2 Å². The molecule has 0 radical (unpaired) electrons. The number of nitrogens with one attached hydrogen (secondary N) is 1. The summed E-state index contributed by atoms with van der Waals surface area (Å²) in [5.41, 5.74) is 6.56. The van der Waals surface area contributed by atoms with Crippen molar-refractivity contribution in [3.63, 3.8) is 0 Å². The van der Waals surface area contributed by atoms with E-state index in [9.17, 15) is 4.79 Å². The summed E-state index contributed by atoms with van der Waals surface area (Å²) < 4.78 is 10.9. The Labute approximate surface area is 118 Å². The maximum absolute atomic E-state index is 11.3. The van der Waals surface area contributed by atoms with Gasteiger partial charge >= 0.3 is 0 Å². The number of carbonyl (C=O) groups excluding carboxylic acids is 1. The highest BCUT2D eigenvalue weighted by Gasteiger charge is 2.12. The molecule has 0 aromatic heterocycles. The van der Waals surface area contributed by atoms with Crippen molar-refractivity contribution in [1.29, 1.82) is 0 Å². The lowest BCUT2D eigenvalue weighted by molar-refractivity contribution is -0.121. The van der Waals surface area contributed by atoms with Crippen molar-refractivity contribution < 1.29 is 14.3 Å². The largest absolute Gasteiger partial charge is 0.486 e. The van der Waals surface area contributed by atoms with E-state index in [1.807, 2.05) is 18.2 Å². The first-order chi connectivity index (χ1) is 8.66. The topological polar surface area (TPSA) is 73.6 Å². The number of amides is 1. The molecule has 1 atom stereocenters. The molecular formula is C13H19ClN2O3. The Hall–Kier alpha value is -1.46. The predicted octanol–water partition coefficient (Wildman–Crippen LogP) is 0.886. The summed E-state index contributed by atoms with van der Waals surface area (Å²) in [6, 6.07) is 5.36. The minimum absolute atomic E-state index is 0. The Morgan fingerprint density at radius 3 is 2.74 bits per heavy atom. The van der Waals surface area contributed by atoms with E-state index >= 15 is 0 Å². The Morgan fingerprint density at radius 1 is 1.37 bits per heavy atom. The second-order valence-electron chi connectivity index (χ2n) is 4.31. The highest BCUT2D eigenvalue weighted by atomic mass is 35.5. The minimum Gasteiger partial charge on any atom is -0.486 e. The monoisotopic (exact) mass is 286 g/mol. The molecule has 2 rings (SSSR count). The van der Waals surface area contributed by atoms with E-state index in [2.05, 4.69) is 5.32 Å². The normalized spacial score (nSPS) is 14.2. The summed E-state index contributed by atoms with van der Waals surface area (Å²) in [6.45, 7) is 3.41. The van der Waals surface area contributed by atoms with Gasteiger partial charge in [-0.25, -0.2) is 0 Å². The van der Waals surface area contributed by atoms with Gasteiger partial charge in [-0.3, -0.25) is 4.79 Å². The van der Waals surface area contributed by atoms with E-state index in [1.165, 1.54) is 0 Å². The van der Waals surface area contributed by atoms with Crippen LogP contribution in [0.4, 0.5) is 0 Å². The lowest BCUT2D eigenvalue weighted by atomic mass is 10.1. The van der Waals surface area contributed by atoms with Crippen molar-refractivity contribution in [3.8, 4) is 11.5 Å². The van der Waals surface area contributed by atoms with Crippen LogP contribution in [-0.4, -0.2) is 31.7 Å². The molecule has 0 unspecified atom stereocenters. The molecule has 0 saturated heterocycles. The van der Waals surface area contributed by atoms with Crippen molar-refractivity contribution in [3.05, 3.63) is 23.8 Å². The first kappa shape index (κ1) is 15.6. The second kappa shape index (κ2) is 7.21. The fourth-order valence-electron chi connectivity index (χ4n) is 1.73. The van der Waals surface area contributed by atoms with Gasteiger partial charge in [0.05, 0.1) is 6.04 Å². The average molecular weight is 287 g/mol. The third-order valence-electron chi connectivity index (χ3n) is 2.73. The Kier molecular flexibility index (Phi) is 5.92. The first-order valence-corrected chi connectivity index (χ1v) is 6.08. The molecule has 1 aromatic carbocycles. The van der Waals surface area contributed by atoms with Gasteiger partial charge in [-0.05, 0) is 31.0 Å². The molecule has 1 heterocycles. The fraction of sp³-hybridized carbons (Fsp3) is 0.462. The molecule has 0 spiro atoms. The van der Waals surface area contributed by atoms with Crippen LogP contribution in [0.15, 0.2) is 18.2 Å². The summed E-state index contributed by atoms with van der Waals surface area (Å²) in [4.78, 5) is 11.3. The van der Waals surface area contributed by atoms with E-state index in [0.717, 1.165) is 23.5 Å². The van der Waals surface area contributed by atoms with Crippen molar-refractivity contribution in [1.82, 2.24) is 5.32 Å². The number of halogens is 1. The van der Waals surface area contributed by atoms with Gasteiger partial charge in [0.1, 0.15) is 13.2 Å². The van der Waals surface area contributed by atoms with Gasteiger partial charge in [0.15, 0.2) is 11.5 Å². The quantitative estimate of drug-likeness (QED) is 0.862. The van der Waals surface area contributed by atoms with Gasteiger partial charge in [0.25, 0.3) is 0 Å². The number of hydrogen-bond acceptors (Lipinski definition) is 4. The van der Waals surface area contributed by atoms with Crippen molar-refractivity contribution in [2.75, 3.05) is 19.8 Å². The highest BCUT2D eigenvalue weighted by Crippen LogP contribution is 2.30. The Bertz CT molecular complexity index is 438. The van der Waals surface area contributed by atoms with Crippen molar-refractivity contribution in [2.24, 2.45) is 5.73 Å². The van der Waals surface area contributed by atoms with Crippen molar-refractivity contribution in [2.45, 2.75) is 19.4 Å². The molecule has 1 aliphatic heterocycles. The van der Waals surface area contributed by atoms with Crippen LogP contribution in [0.3, 0.4) is 0 Å². The lowest BCUT2D eigenvalue weighted by Gasteiger charge is -2.19. The molecule has 1 aliphatic rings. The molecule has 0 aliphatic carbocycles. The van der Waals surface area contributed by atoms with Crippen LogP contribution < -0.4 is 20.5 Å². The molecule has 6 heteroatoms. The summed E-state index contributed by atoms with van der Waals surface area (Å²) in [7, 11) is 0. The zero-order valence-electron chi connectivity index (χ0n) is 10.8. The van der Waals surface area contributed by atoms with Gasteiger partial charge in [-0.15, -0.1) is 12.4 Å². The molecule has 19 heavy (non-hydrogen) atoms. The maximum Gasteiger partial charge on any atom is 0.236 e. The Morgan fingerprint density at radius 2 is 2.05 bits per heavy atom. The third kappa shape index (κ3) is 4.29. The molecule has 3 N–H and O–H groups in total. The van der Waals surface area contributed by atoms with E-state index in [1.54, 1.807) is 6.92 Å². The van der Waals surface area contributed by atoms with E-state index in [0.29, 0.717) is 19.8 Å². The van der Waals surface area contributed by atoms with E-state index < -0.39 is 6.04 Å². The van der Waals surface area contributed by atoms with Gasteiger partial charge in [-0.2, -0.15) is 0 Å². The zero-order valence-corrected chi connectivity index (χ0v) is 11.7. The molecule has 0 saturated carbocycles.